The number of hydrogen-bond acceptors (Lipinski definition) is 5. The quantitative estimate of drug-likeness (QED) is 0.555. The molecular weight excluding hydrogens is 360 g/mol. The van der Waals surface area contributed by atoms with Crippen molar-refractivity contribution in [1.29, 1.82) is 0 Å². The summed E-state index contributed by atoms with van der Waals surface area (Å²) >= 11 is 0. The minimum Gasteiger partial charge on any atom is -0.480 e. The Morgan fingerprint density at radius 2 is 1.85 bits per heavy atom. The Balaban J connectivity index is 0.000000350. The van der Waals surface area contributed by atoms with Crippen molar-refractivity contribution in [3.05, 3.63) is 30.3 Å². The van der Waals surface area contributed by atoms with Gasteiger partial charge in [0.05, 0.1) is 4.90 Å². The highest BCUT2D eigenvalue weighted by Gasteiger charge is 2.25. The van der Waals surface area contributed by atoms with Gasteiger partial charge in [0, 0.05) is 0 Å². The molecule has 1 aliphatic rings. The summed E-state index contributed by atoms with van der Waals surface area (Å²) in [4.78, 5) is 21.2. The lowest BCUT2D eigenvalue weighted by Crippen LogP contribution is -2.41. The minimum absolute atomic E-state index is 0.0695. The van der Waals surface area contributed by atoms with E-state index < -0.39 is 28.0 Å². The summed E-state index contributed by atoms with van der Waals surface area (Å²) in [6.07, 6.45) is 2.04. The molecular formula is C17H26N2O6S. The zero-order valence-electron chi connectivity index (χ0n) is 14.9. The minimum atomic E-state index is -3.78. The Morgan fingerprint density at radius 1 is 1.23 bits per heavy atom. The van der Waals surface area contributed by atoms with Crippen LogP contribution in [0.5, 0.6) is 0 Å². The Labute approximate surface area is 153 Å². The van der Waals surface area contributed by atoms with Crippen LogP contribution < -0.4 is 10.0 Å². The first-order chi connectivity index (χ1) is 12.1. The fourth-order valence-corrected chi connectivity index (χ4v) is 3.64. The monoisotopic (exact) mass is 386 g/mol. The van der Waals surface area contributed by atoms with E-state index in [1.807, 2.05) is 13.8 Å². The number of aliphatic carboxylic acids is 2. The van der Waals surface area contributed by atoms with Gasteiger partial charge in [-0.15, -0.1) is 0 Å². The summed E-state index contributed by atoms with van der Waals surface area (Å²) in [6.45, 7) is 4.54. The number of benzene rings is 1. The van der Waals surface area contributed by atoms with E-state index in [4.69, 9.17) is 10.2 Å². The molecule has 146 valence electrons. The summed E-state index contributed by atoms with van der Waals surface area (Å²) in [6, 6.07) is 6.36. The molecule has 0 aromatic heterocycles. The van der Waals surface area contributed by atoms with Crippen molar-refractivity contribution in [3.63, 3.8) is 0 Å². The van der Waals surface area contributed by atoms with E-state index in [1.54, 1.807) is 18.2 Å². The molecule has 0 radical (unpaired) electrons. The van der Waals surface area contributed by atoms with Gasteiger partial charge in [0.1, 0.15) is 12.1 Å². The van der Waals surface area contributed by atoms with Crippen LogP contribution in [-0.4, -0.2) is 49.2 Å². The van der Waals surface area contributed by atoms with Crippen molar-refractivity contribution >= 4 is 22.0 Å². The van der Waals surface area contributed by atoms with Gasteiger partial charge >= 0.3 is 11.9 Å². The smallest absolute Gasteiger partial charge is 0.321 e. The molecule has 1 fully saturated rings. The molecule has 2 rings (SSSR count). The lowest BCUT2D eigenvalue weighted by Gasteiger charge is -2.16. The maximum atomic E-state index is 12.0. The maximum Gasteiger partial charge on any atom is 0.321 e. The van der Waals surface area contributed by atoms with Crippen LogP contribution in [0.15, 0.2) is 35.2 Å². The summed E-state index contributed by atoms with van der Waals surface area (Å²) in [7, 11) is -3.78. The molecule has 9 heteroatoms. The van der Waals surface area contributed by atoms with Crippen molar-refractivity contribution < 1.29 is 28.2 Å². The van der Waals surface area contributed by atoms with Gasteiger partial charge in [0.25, 0.3) is 0 Å². The normalized spacial score (nSPS) is 18.0. The second-order valence-electron chi connectivity index (χ2n) is 6.44. The maximum absolute atomic E-state index is 12.0. The number of rotatable bonds is 7. The molecule has 1 heterocycles. The van der Waals surface area contributed by atoms with Crippen LogP contribution in [0.3, 0.4) is 0 Å². The van der Waals surface area contributed by atoms with Gasteiger partial charge in [-0.25, -0.2) is 8.42 Å². The third kappa shape index (κ3) is 7.51. The van der Waals surface area contributed by atoms with Crippen molar-refractivity contribution in [1.82, 2.24) is 10.0 Å². The topological polar surface area (TPSA) is 133 Å². The molecule has 1 aromatic carbocycles. The second kappa shape index (κ2) is 10.2. The van der Waals surface area contributed by atoms with E-state index in [2.05, 4.69) is 10.0 Å². The Morgan fingerprint density at radius 3 is 2.23 bits per heavy atom. The third-order valence-corrected chi connectivity index (χ3v) is 5.20. The highest BCUT2D eigenvalue weighted by molar-refractivity contribution is 7.89. The Kier molecular flexibility index (Phi) is 8.70. The van der Waals surface area contributed by atoms with Crippen molar-refractivity contribution in [3.8, 4) is 0 Å². The molecule has 1 aliphatic heterocycles. The van der Waals surface area contributed by atoms with Crippen molar-refractivity contribution in [2.24, 2.45) is 5.92 Å². The van der Waals surface area contributed by atoms with E-state index in [0.717, 1.165) is 19.4 Å². The summed E-state index contributed by atoms with van der Waals surface area (Å²) in [5.74, 6) is -1.80. The molecule has 26 heavy (non-hydrogen) atoms. The van der Waals surface area contributed by atoms with Crippen LogP contribution in [0, 0.1) is 5.92 Å². The number of hydrogen-bond donors (Lipinski definition) is 4. The first-order valence-electron chi connectivity index (χ1n) is 8.40. The molecule has 0 amide bonds. The van der Waals surface area contributed by atoms with E-state index in [1.165, 1.54) is 12.1 Å². The van der Waals surface area contributed by atoms with Crippen LogP contribution in [0.25, 0.3) is 0 Å². The Bertz CT molecular complexity index is 684. The van der Waals surface area contributed by atoms with Crippen molar-refractivity contribution in [2.75, 3.05) is 6.54 Å². The zero-order chi connectivity index (χ0) is 19.7. The van der Waals surface area contributed by atoms with Gasteiger partial charge in [0.2, 0.25) is 10.0 Å². The first kappa shape index (κ1) is 22.1. The highest BCUT2D eigenvalue weighted by atomic mass is 32.2. The number of carboxylic acid groups (broad SMARTS) is 2. The lowest BCUT2D eigenvalue weighted by molar-refractivity contribution is -0.140. The highest BCUT2D eigenvalue weighted by Crippen LogP contribution is 2.11. The summed E-state index contributed by atoms with van der Waals surface area (Å²) < 4.78 is 26.1. The molecule has 1 aromatic rings. The SMILES string of the molecule is CC(C)C[C@@H](NS(=O)(=O)c1ccccc1)C(=O)O.O=C(O)[C@@H]1CCCN1. The average Bonchev–Trinajstić information content (AvgIpc) is 3.10. The fraction of sp³-hybridized carbons (Fsp3) is 0.529. The van der Waals surface area contributed by atoms with E-state index >= 15 is 0 Å². The number of nitrogens with one attached hydrogen (secondary N) is 2. The van der Waals surface area contributed by atoms with Crippen LogP contribution in [0.1, 0.15) is 33.1 Å². The molecule has 0 spiro atoms. The van der Waals surface area contributed by atoms with Crippen LogP contribution in [-0.2, 0) is 19.6 Å². The van der Waals surface area contributed by atoms with Gasteiger partial charge in [-0.05, 0) is 43.9 Å². The van der Waals surface area contributed by atoms with Crippen LogP contribution in [0.4, 0.5) is 0 Å². The number of carboxylic acids is 2. The summed E-state index contributed by atoms with van der Waals surface area (Å²) in [5, 5.41) is 20.2. The van der Waals surface area contributed by atoms with Crippen LogP contribution in [0.2, 0.25) is 0 Å². The number of carbonyl (C=O) groups is 2. The van der Waals surface area contributed by atoms with Crippen LogP contribution >= 0.6 is 0 Å². The van der Waals surface area contributed by atoms with Gasteiger partial charge in [-0.2, -0.15) is 4.72 Å². The molecule has 0 bridgehead atoms. The fourth-order valence-electron chi connectivity index (χ4n) is 2.42. The third-order valence-electron chi connectivity index (χ3n) is 3.71. The molecule has 0 aliphatic carbocycles. The van der Waals surface area contributed by atoms with E-state index in [9.17, 15) is 18.0 Å². The first-order valence-corrected chi connectivity index (χ1v) is 9.88. The molecule has 0 unspecified atom stereocenters. The largest absolute Gasteiger partial charge is 0.480 e. The van der Waals surface area contributed by atoms with E-state index in [-0.39, 0.29) is 23.3 Å². The second-order valence-corrected chi connectivity index (χ2v) is 8.16. The van der Waals surface area contributed by atoms with Gasteiger partial charge in [0.15, 0.2) is 0 Å². The zero-order valence-corrected chi connectivity index (χ0v) is 15.7. The average molecular weight is 386 g/mol. The molecule has 1 saturated heterocycles. The predicted molar refractivity (Wildman–Crippen MR) is 96.3 cm³/mol. The molecule has 8 nitrogen and oxygen atoms in total. The molecule has 2 atom stereocenters. The van der Waals surface area contributed by atoms with Crippen molar-refractivity contribution in [2.45, 2.75) is 50.1 Å². The van der Waals surface area contributed by atoms with E-state index in [0.29, 0.717) is 0 Å². The lowest BCUT2D eigenvalue weighted by atomic mass is 10.1. The number of sulfonamides is 1. The van der Waals surface area contributed by atoms with Gasteiger partial charge in [-0.1, -0.05) is 32.0 Å². The van der Waals surface area contributed by atoms with Gasteiger partial charge in [-0.3, -0.25) is 9.59 Å². The molecule has 4 N–H and O–H groups in total. The molecule has 0 saturated carbocycles. The Hall–Kier alpha value is -1.97. The summed E-state index contributed by atoms with van der Waals surface area (Å²) in [5.41, 5.74) is 0. The predicted octanol–water partition coefficient (Wildman–Crippen LogP) is 1.29. The van der Waals surface area contributed by atoms with Gasteiger partial charge < -0.3 is 15.5 Å². The standard InChI is InChI=1S/C12H17NO4S.C5H9NO2/c1-9(2)8-11(12(14)15)13-18(16,17)10-6-4-3-5-7-10;7-5(8)4-2-1-3-6-4/h3-7,9,11,13H,8H2,1-2H3,(H,14,15);4,6H,1-3H2,(H,7,8)/t11-;4-/m10/s1.